The van der Waals surface area contributed by atoms with Crippen LogP contribution in [-0.4, -0.2) is 56.7 Å². The van der Waals surface area contributed by atoms with Crippen molar-refractivity contribution in [3.05, 3.63) is 52.2 Å². The Bertz CT molecular complexity index is 1250. The van der Waals surface area contributed by atoms with Crippen LogP contribution in [0.2, 0.25) is 0 Å². The van der Waals surface area contributed by atoms with Crippen LogP contribution in [0.1, 0.15) is 60.5 Å². The lowest BCUT2D eigenvalue weighted by Crippen LogP contribution is -2.17. The molecule has 9 heteroatoms. The number of fused-ring (bicyclic) bond motifs is 3. The summed E-state index contributed by atoms with van der Waals surface area (Å²) in [5, 5.41) is 0.396. The molecular formula is C23H23NO8. The number of aryl methyl sites for hydroxylation is 1. The topological polar surface area (TPSA) is 110 Å². The molecule has 3 rings (SSSR count). The molecule has 0 spiro atoms. The Balaban J connectivity index is 2.80. The number of hydrogen-bond donors (Lipinski definition) is 0. The molecule has 0 bridgehead atoms. The molecule has 0 aliphatic heterocycles. The molecule has 2 heterocycles. The molecule has 168 valence electrons. The van der Waals surface area contributed by atoms with Crippen molar-refractivity contribution in [2.75, 3.05) is 28.4 Å². The first-order valence-corrected chi connectivity index (χ1v) is 9.82. The van der Waals surface area contributed by atoms with Gasteiger partial charge in [-0.2, -0.15) is 0 Å². The first-order chi connectivity index (χ1) is 15.4. The summed E-state index contributed by atoms with van der Waals surface area (Å²) in [7, 11) is 4.70. The number of aromatic nitrogens is 1. The van der Waals surface area contributed by atoms with Gasteiger partial charge in [-0.15, -0.1) is 0 Å². The molecule has 1 aromatic carbocycles. The number of nitrogens with zero attached hydrogens (tertiary/aromatic N) is 1. The number of methoxy groups -OCH3 is 4. The summed E-state index contributed by atoms with van der Waals surface area (Å²) in [5.41, 5.74) is 0.478. The van der Waals surface area contributed by atoms with E-state index in [1.165, 1.54) is 14.2 Å². The summed E-state index contributed by atoms with van der Waals surface area (Å²) in [6.07, 6.45) is 1.00. The van der Waals surface area contributed by atoms with Crippen LogP contribution in [-0.2, 0) is 25.4 Å². The van der Waals surface area contributed by atoms with Gasteiger partial charge in [0.1, 0.15) is 5.56 Å². The maximum atomic E-state index is 13.0. The fourth-order valence-corrected chi connectivity index (χ4v) is 3.97. The van der Waals surface area contributed by atoms with E-state index in [2.05, 4.69) is 0 Å². The number of rotatable bonds is 6. The van der Waals surface area contributed by atoms with Gasteiger partial charge in [0.15, 0.2) is 0 Å². The highest BCUT2D eigenvalue weighted by molar-refractivity contribution is 6.21. The molecule has 0 saturated carbocycles. The highest BCUT2D eigenvalue weighted by Gasteiger charge is 2.36. The monoisotopic (exact) mass is 441 g/mol. The summed E-state index contributed by atoms with van der Waals surface area (Å²) in [5.74, 6) is -3.29. The molecule has 0 N–H and O–H groups in total. The molecule has 3 aromatic rings. The fourth-order valence-electron chi connectivity index (χ4n) is 3.97. The number of hydrogen-bond acceptors (Lipinski definition) is 8. The van der Waals surface area contributed by atoms with E-state index < -0.39 is 23.9 Å². The predicted molar refractivity (Wildman–Crippen MR) is 114 cm³/mol. The SMILES string of the molecule is CCCc1c(C(=O)OC)c(C(=O)OC)c2c(C(=O)OC)c(C(=O)OC)c3ccccc3n12. The second-order valence-electron chi connectivity index (χ2n) is 6.86. The van der Waals surface area contributed by atoms with E-state index in [0.29, 0.717) is 29.4 Å². The van der Waals surface area contributed by atoms with Gasteiger partial charge in [-0.05, 0) is 12.5 Å². The minimum atomic E-state index is -0.872. The Morgan fingerprint density at radius 2 is 1.19 bits per heavy atom. The van der Waals surface area contributed by atoms with Crippen LogP contribution >= 0.6 is 0 Å². The maximum Gasteiger partial charge on any atom is 0.340 e. The standard InChI is InChI=1S/C23H23NO8/c1-6-9-14-16(21(26)30-3)18(23(28)32-5)19-17(22(27)31-4)15(20(25)29-2)12-10-7-8-11-13(12)24(14)19/h7-8,10-11H,6,9H2,1-5H3. The zero-order valence-electron chi connectivity index (χ0n) is 18.4. The van der Waals surface area contributed by atoms with Gasteiger partial charge < -0.3 is 23.3 Å². The summed E-state index contributed by atoms with van der Waals surface area (Å²) in [6.45, 7) is 1.91. The molecule has 2 aromatic heterocycles. The first-order valence-electron chi connectivity index (χ1n) is 9.82. The molecule has 0 saturated heterocycles. The maximum absolute atomic E-state index is 13.0. The Kier molecular flexibility index (Phi) is 6.47. The van der Waals surface area contributed by atoms with Gasteiger partial charge in [-0.1, -0.05) is 31.5 Å². The second-order valence-corrected chi connectivity index (χ2v) is 6.86. The van der Waals surface area contributed by atoms with E-state index in [-0.39, 0.29) is 27.8 Å². The van der Waals surface area contributed by atoms with E-state index in [9.17, 15) is 19.2 Å². The summed E-state index contributed by atoms with van der Waals surface area (Å²) < 4.78 is 21.4. The highest BCUT2D eigenvalue weighted by Crippen LogP contribution is 2.36. The van der Waals surface area contributed by atoms with E-state index in [1.807, 2.05) is 6.92 Å². The Morgan fingerprint density at radius 3 is 1.72 bits per heavy atom. The summed E-state index contributed by atoms with van der Waals surface area (Å²) in [4.78, 5) is 51.6. The van der Waals surface area contributed by atoms with Gasteiger partial charge in [0, 0.05) is 11.1 Å². The van der Waals surface area contributed by atoms with Crippen LogP contribution < -0.4 is 0 Å². The van der Waals surface area contributed by atoms with Gasteiger partial charge in [0.2, 0.25) is 0 Å². The molecule has 0 fully saturated rings. The third kappa shape index (κ3) is 3.35. The van der Waals surface area contributed by atoms with Gasteiger partial charge >= 0.3 is 23.9 Å². The number of esters is 4. The number of benzene rings is 1. The molecule has 9 nitrogen and oxygen atoms in total. The predicted octanol–water partition coefficient (Wildman–Crippen LogP) is 3.19. The lowest BCUT2D eigenvalue weighted by molar-refractivity contribution is 0.0552. The highest BCUT2D eigenvalue weighted by atomic mass is 16.5. The van der Waals surface area contributed by atoms with Gasteiger partial charge in [0.05, 0.1) is 56.2 Å². The van der Waals surface area contributed by atoms with Crippen molar-refractivity contribution in [2.24, 2.45) is 0 Å². The smallest absolute Gasteiger partial charge is 0.340 e. The molecule has 0 amide bonds. The van der Waals surface area contributed by atoms with Crippen LogP contribution in [0, 0.1) is 0 Å². The van der Waals surface area contributed by atoms with E-state index in [4.69, 9.17) is 18.9 Å². The number of carbonyl (C=O) groups excluding carboxylic acids is 4. The second kappa shape index (κ2) is 9.09. The minimum absolute atomic E-state index is 0.0200. The van der Waals surface area contributed by atoms with E-state index in [0.717, 1.165) is 14.2 Å². The van der Waals surface area contributed by atoms with Gasteiger partial charge in [-0.25, -0.2) is 19.2 Å². The molecule has 32 heavy (non-hydrogen) atoms. The fraction of sp³-hybridized carbons (Fsp3) is 0.304. The Hall–Kier alpha value is -3.88. The Labute approximate surface area is 183 Å². The van der Waals surface area contributed by atoms with E-state index in [1.54, 1.807) is 28.7 Å². The van der Waals surface area contributed by atoms with Crippen LogP contribution in [0.5, 0.6) is 0 Å². The molecule has 0 atom stereocenters. The molecule has 0 unspecified atom stereocenters. The van der Waals surface area contributed by atoms with Crippen molar-refractivity contribution in [1.29, 1.82) is 0 Å². The van der Waals surface area contributed by atoms with Crippen molar-refractivity contribution >= 4 is 40.3 Å². The number of para-hydroxylation sites is 1. The van der Waals surface area contributed by atoms with Crippen LogP contribution in [0.15, 0.2) is 24.3 Å². The molecular weight excluding hydrogens is 418 g/mol. The third-order valence-corrected chi connectivity index (χ3v) is 5.21. The van der Waals surface area contributed by atoms with Crippen LogP contribution in [0.4, 0.5) is 0 Å². The van der Waals surface area contributed by atoms with E-state index >= 15 is 0 Å². The minimum Gasteiger partial charge on any atom is -0.465 e. The van der Waals surface area contributed by atoms with Crippen molar-refractivity contribution in [3.63, 3.8) is 0 Å². The number of carbonyl (C=O) groups is 4. The average molecular weight is 441 g/mol. The summed E-state index contributed by atoms with van der Waals surface area (Å²) >= 11 is 0. The van der Waals surface area contributed by atoms with Gasteiger partial charge in [-0.3, -0.25) is 0 Å². The zero-order valence-corrected chi connectivity index (χ0v) is 18.4. The Morgan fingerprint density at radius 1 is 0.719 bits per heavy atom. The van der Waals surface area contributed by atoms with Crippen molar-refractivity contribution < 1.29 is 38.1 Å². The quantitative estimate of drug-likeness (QED) is 0.424. The number of pyridine rings is 1. The average Bonchev–Trinajstić information content (AvgIpc) is 3.16. The third-order valence-electron chi connectivity index (χ3n) is 5.21. The van der Waals surface area contributed by atoms with Crippen LogP contribution in [0.25, 0.3) is 16.4 Å². The van der Waals surface area contributed by atoms with Crippen LogP contribution in [0.3, 0.4) is 0 Å². The number of ether oxygens (including phenoxy) is 4. The summed E-state index contributed by atoms with van der Waals surface area (Å²) in [6, 6.07) is 6.81. The zero-order chi connectivity index (χ0) is 23.6. The van der Waals surface area contributed by atoms with Crippen molar-refractivity contribution in [3.8, 4) is 0 Å². The molecule has 0 aliphatic carbocycles. The lowest BCUT2D eigenvalue weighted by Gasteiger charge is -2.15. The molecule has 0 radical (unpaired) electrons. The van der Waals surface area contributed by atoms with Crippen molar-refractivity contribution in [2.45, 2.75) is 19.8 Å². The first kappa shape index (κ1) is 22.8. The largest absolute Gasteiger partial charge is 0.465 e. The normalized spacial score (nSPS) is 10.8. The van der Waals surface area contributed by atoms with Gasteiger partial charge in [0.25, 0.3) is 0 Å². The lowest BCUT2D eigenvalue weighted by atomic mass is 9.99. The van der Waals surface area contributed by atoms with Crippen molar-refractivity contribution in [1.82, 2.24) is 4.40 Å². The molecule has 0 aliphatic rings.